The Morgan fingerprint density at radius 2 is 1.88 bits per heavy atom. The summed E-state index contributed by atoms with van der Waals surface area (Å²) in [7, 11) is 0. The predicted molar refractivity (Wildman–Crippen MR) is 105 cm³/mol. The summed E-state index contributed by atoms with van der Waals surface area (Å²) in [5.74, 6) is 2.36. The van der Waals surface area contributed by atoms with Crippen LogP contribution in [0.2, 0.25) is 0 Å². The van der Waals surface area contributed by atoms with Crippen molar-refractivity contribution in [3.63, 3.8) is 0 Å². The number of aliphatic hydroxyl groups is 1. The Balaban J connectivity index is 1.48. The lowest BCUT2D eigenvalue weighted by Gasteiger charge is -2.57. The Bertz CT molecular complexity index is 766. The highest BCUT2D eigenvalue weighted by Crippen LogP contribution is 2.66. The van der Waals surface area contributed by atoms with E-state index in [2.05, 4.69) is 43.1 Å². The molecule has 1 heterocycles. The van der Waals surface area contributed by atoms with Gasteiger partial charge in [-0.1, -0.05) is 37.6 Å². The van der Waals surface area contributed by atoms with Crippen LogP contribution in [0.1, 0.15) is 64.4 Å². The molecule has 2 fully saturated rings. The third kappa shape index (κ3) is 2.24. The van der Waals surface area contributed by atoms with Crippen LogP contribution in [0, 0.1) is 28.6 Å². The first kappa shape index (κ1) is 16.7. The Kier molecular flexibility index (Phi) is 3.73. The lowest BCUT2D eigenvalue weighted by Crippen LogP contribution is -2.49. The van der Waals surface area contributed by atoms with Gasteiger partial charge in [0.05, 0.1) is 6.10 Å². The minimum atomic E-state index is -0.106. The molecule has 0 aromatic carbocycles. The summed E-state index contributed by atoms with van der Waals surface area (Å²) in [4.78, 5) is 4.38. The van der Waals surface area contributed by atoms with Crippen LogP contribution in [-0.2, 0) is 0 Å². The van der Waals surface area contributed by atoms with Crippen molar-refractivity contribution in [1.29, 1.82) is 0 Å². The van der Waals surface area contributed by atoms with Gasteiger partial charge < -0.3 is 5.11 Å². The third-order valence-corrected chi connectivity index (χ3v) is 8.63. The van der Waals surface area contributed by atoms with Crippen molar-refractivity contribution in [3.05, 3.63) is 47.8 Å². The Labute approximate surface area is 157 Å². The van der Waals surface area contributed by atoms with Gasteiger partial charge in [0, 0.05) is 12.4 Å². The van der Waals surface area contributed by atoms with E-state index in [1.807, 2.05) is 12.4 Å². The van der Waals surface area contributed by atoms with Gasteiger partial charge in [0.2, 0.25) is 0 Å². The minimum Gasteiger partial charge on any atom is -0.393 e. The van der Waals surface area contributed by atoms with Crippen molar-refractivity contribution in [1.82, 2.24) is 4.98 Å². The second-order valence-corrected chi connectivity index (χ2v) is 9.71. The number of pyridine rings is 1. The summed E-state index contributed by atoms with van der Waals surface area (Å²) in [5.41, 5.74) is 5.09. The molecule has 5 rings (SSSR count). The maximum atomic E-state index is 10.2. The monoisotopic (exact) mass is 349 g/mol. The van der Waals surface area contributed by atoms with Crippen LogP contribution < -0.4 is 0 Å². The number of rotatable bonds is 1. The zero-order valence-corrected chi connectivity index (χ0v) is 16.1. The molecule has 0 spiro atoms. The zero-order valence-electron chi connectivity index (χ0n) is 16.1. The highest BCUT2D eigenvalue weighted by Gasteiger charge is 2.56. The standard InChI is InChI=1S/C24H31NO/c1-23-11-9-18(26)14-17(23)5-6-19-21-8-7-20(16-4-3-13-25-15-16)24(21,2)12-10-22(19)23/h3-5,7,13,15,18-19,21-22,26H,6,8-12,14H2,1-2H3/t18-,19-,21-,22-,23?,24+/m0/s1. The first-order valence-electron chi connectivity index (χ1n) is 10.5. The van der Waals surface area contributed by atoms with Crippen molar-refractivity contribution in [3.8, 4) is 0 Å². The second kappa shape index (κ2) is 5.79. The molecule has 2 heteroatoms. The van der Waals surface area contributed by atoms with Crippen molar-refractivity contribution >= 4 is 5.57 Å². The van der Waals surface area contributed by atoms with Crippen LogP contribution in [0.3, 0.4) is 0 Å². The van der Waals surface area contributed by atoms with Gasteiger partial charge in [0.25, 0.3) is 0 Å². The maximum absolute atomic E-state index is 10.2. The number of aromatic nitrogens is 1. The summed E-state index contributed by atoms with van der Waals surface area (Å²) < 4.78 is 0. The molecule has 1 aromatic heterocycles. The van der Waals surface area contributed by atoms with E-state index in [4.69, 9.17) is 0 Å². The van der Waals surface area contributed by atoms with Crippen LogP contribution in [0.15, 0.2) is 42.3 Å². The van der Waals surface area contributed by atoms with Crippen molar-refractivity contribution in [2.75, 3.05) is 0 Å². The second-order valence-electron chi connectivity index (χ2n) is 9.71. The maximum Gasteiger partial charge on any atom is 0.0577 e. The molecule has 1 unspecified atom stereocenters. The fraction of sp³-hybridized carbons (Fsp3) is 0.625. The number of allylic oxidation sites excluding steroid dienone is 3. The fourth-order valence-corrected chi connectivity index (χ4v) is 7.18. The Hall–Kier alpha value is -1.41. The largest absolute Gasteiger partial charge is 0.393 e. The molecule has 2 saturated carbocycles. The van der Waals surface area contributed by atoms with Gasteiger partial charge in [-0.3, -0.25) is 4.98 Å². The van der Waals surface area contributed by atoms with Gasteiger partial charge in [-0.05, 0) is 90.7 Å². The average Bonchev–Trinajstić information content (AvgIpc) is 3.00. The van der Waals surface area contributed by atoms with Crippen LogP contribution in [-0.4, -0.2) is 16.2 Å². The highest BCUT2D eigenvalue weighted by molar-refractivity contribution is 5.72. The SMILES string of the molecule is CC12CC[C@H](O)CC1=CC[C@@H]1[C@@H]2CC[C@]2(C)C(c3cccnc3)=CC[C@@H]12. The molecule has 138 valence electrons. The summed E-state index contributed by atoms with van der Waals surface area (Å²) in [6.07, 6.45) is 17.0. The van der Waals surface area contributed by atoms with Gasteiger partial charge in [0.1, 0.15) is 0 Å². The molecule has 0 radical (unpaired) electrons. The van der Waals surface area contributed by atoms with Crippen LogP contribution in [0.5, 0.6) is 0 Å². The summed E-state index contributed by atoms with van der Waals surface area (Å²) in [6.45, 7) is 5.03. The van der Waals surface area contributed by atoms with E-state index >= 15 is 0 Å². The van der Waals surface area contributed by atoms with Gasteiger partial charge in [-0.2, -0.15) is 0 Å². The molecular weight excluding hydrogens is 318 g/mol. The zero-order chi connectivity index (χ0) is 17.9. The number of hydrogen-bond donors (Lipinski definition) is 1. The van der Waals surface area contributed by atoms with Crippen LogP contribution >= 0.6 is 0 Å². The van der Waals surface area contributed by atoms with E-state index in [-0.39, 0.29) is 6.10 Å². The first-order chi connectivity index (χ1) is 12.5. The Morgan fingerprint density at radius 3 is 2.69 bits per heavy atom. The lowest BCUT2D eigenvalue weighted by atomic mass is 9.47. The first-order valence-corrected chi connectivity index (χ1v) is 10.5. The molecule has 1 aromatic rings. The van der Waals surface area contributed by atoms with Crippen molar-refractivity contribution in [2.45, 2.75) is 64.9 Å². The summed E-state index contributed by atoms with van der Waals surface area (Å²) >= 11 is 0. The third-order valence-electron chi connectivity index (χ3n) is 8.63. The van der Waals surface area contributed by atoms with Gasteiger partial charge >= 0.3 is 0 Å². The van der Waals surface area contributed by atoms with E-state index in [0.717, 1.165) is 30.6 Å². The van der Waals surface area contributed by atoms with E-state index in [1.54, 1.807) is 11.1 Å². The molecular formula is C24H31NO. The number of nitrogens with zero attached hydrogens (tertiary/aromatic N) is 1. The molecule has 4 aliphatic carbocycles. The van der Waals surface area contributed by atoms with Gasteiger partial charge in [0.15, 0.2) is 0 Å². The summed E-state index contributed by atoms with van der Waals surface area (Å²) in [6, 6.07) is 4.31. The van der Waals surface area contributed by atoms with Crippen LogP contribution in [0.25, 0.3) is 5.57 Å². The fourth-order valence-electron chi connectivity index (χ4n) is 7.18. The van der Waals surface area contributed by atoms with E-state index in [0.29, 0.717) is 10.8 Å². The molecule has 0 bridgehead atoms. The average molecular weight is 350 g/mol. The molecule has 0 aliphatic heterocycles. The molecule has 26 heavy (non-hydrogen) atoms. The van der Waals surface area contributed by atoms with Crippen molar-refractivity contribution < 1.29 is 5.11 Å². The van der Waals surface area contributed by atoms with Gasteiger partial charge in [-0.25, -0.2) is 0 Å². The van der Waals surface area contributed by atoms with Gasteiger partial charge in [-0.15, -0.1) is 0 Å². The number of hydrogen-bond acceptors (Lipinski definition) is 2. The van der Waals surface area contributed by atoms with E-state index < -0.39 is 0 Å². The molecule has 2 nitrogen and oxygen atoms in total. The molecule has 4 aliphatic rings. The molecule has 0 amide bonds. The highest BCUT2D eigenvalue weighted by atomic mass is 16.3. The smallest absolute Gasteiger partial charge is 0.0577 e. The van der Waals surface area contributed by atoms with Crippen LogP contribution in [0.4, 0.5) is 0 Å². The van der Waals surface area contributed by atoms with Crippen molar-refractivity contribution in [2.24, 2.45) is 28.6 Å². The minimum absolute atomic E-state index is 0.106. The predicted octanol–water partition coefficient (Wildman–Crippen LogP) is 5.40. The molecule has 1 N–H and O–H groups in total. The Morgan fingerprint density at radius 1 is 1.04 bits per heavy atom. The quantitative estimate of drug-likeness (QED) is 0.689. The van der Waals surface area contributed by atoms with E-state index in [9.17, 15) is 5.11 Å². The lowest BCUT2D eigenvalue weighted by molar-refractivity contribution is -0.0238. The summed E-state index contributed by atoms with van der Waals surface area (Å²) in [5, 5.41) is 10.2. The van der Waals surface area contributed by atoms with E-state index in [1.165, 1.54) is 37.7 Å². The molecule has 6 atom stereocenters. The number of fused-ring (bicyclic) bond motifs is 5. The topological polar surface area (TPSA) is 33.1 Å². The number of aliphatic hydroxyl groups excluding tert-OH is 1. The molecule has 0 saturated heterocycles. The normalized spacial score (nSPS) is 44.4.